The van der Waals surface area contributed by atoms with Crippen LogP contribution in [-0.2, 0) is 4.74 Å². The molecule has 0 saturated heterocycles. The van der Waals surface area contributed by atoms with Gasteiger partial charge in [0.15, 0.2) is 0 Å². The van der Waals surface area contributed by atoms with Gasteiger partial charge in [-0.2, -0.15) is 0 Å². The van der Waals surface area contributed by atoms with Gasteiger partial charge < -0.3 is 4.74 Å². The number of hydrogen-bond acceptors (Lipinski definition) is 1. The number of rotatable bonds is 1. The van der Waals surface area contributed by atoms with E-state index in [2.05, 4.69) is 0 Å². The molecule has 0 heterocycles. The molecule has 0 unspecified atom stereocenters. The summed E-state index contributed by atoms with van der Waals surface area (Å²) in [5, 5.41) is 0. The number of hydrogen-bond donors (Lipinski definition) is 0. The second kappa shape index (κ2) is 13.7. The van der Waals surface area contributed by atoms with E-state index in [-0.39, 0.29) is 0 Å². The smallest absolute Gasteiger partial charge is 0.0515 e. The minimum absolute atomic E-state index is 0.384. The molecule has 0 amide bonds. The van der Waals surface area contributed by atoms with E-state index in [0.717, 1.165) is 0 Å². The van der Waals surface area contributed by atoms with Gasteiger partial charge in [-0.15, -0.1) is 0 Å². The Hall–Kier alpha value is -0.820. The fourth-order valence-electron chi connectivity index (χ4n) is 0.385. The summed E-state index contributed by atoms with van der Waals surface area (Å²) in [6.07, 6.45) is 0.384. The van der Waals surface area contributed by atoms with Gasteiger partial charge in [0.05, 0.1) is 6.10 Å². The van der Waals surface area contributed by atoms with Gasteiger partial charge in [-0.3, -0.25) is 0 Å². The van der Waals surface area contributed by atoms with Crippen LogP contribution < -0.4 is 0 Å². The molecule has 0 spiro atoms. The van der Waals surface area contributed by atoms with Crippen molar-refractivity contribution in [3.05, 3.63) is 36.4 Å². The second-order valence-electron chi connectivity index (χ2n) is 2.44. The summed E-state index contributed by atoms with van der Waals surface area (Å²) < 4.78 is 4.75. The molecule has 13 heavy (non-hydrogen) atoms. The fraction of sp³-hybridized carbons (Fsp3) is 0.500. The Morgan fingerprint density at radius 3 is 1.00 bits per heavy atom. The van der Waals surface area contributed by atoms with Crippen molar-refractivity contribution in [2.45, 2.75) is 33.8 Å². The summed E-state index contributed by atoms with van der Waals surface area (Å²) in [6.45, 7) is 8.00. The van der Waals surface area contributed by atoms with Crippen LogP contribution in [0.25, 0.3) is 0 Å². The maximum atomic E-state index is 4.75. The van der Waals surface area contributed by atoms with Crippen molar-refractivity contribution in [3.63, 3.8) is 0 Å². The van der Waals surface area contributed by atoms with Crippen LogP contribution in [0, 0.1) is 0 Å². The highest BCUT2D eigenvalue weighted by molar-refractivity contribution is 4.99. The van der Waals surface area contributed by atoms with Crippen molar-refractivity contribution in [2.75, 3.05) is 7.11 Å². The van der Waals surface area contributed by atoms with Crippen LogP contribution >= 0.6 is 0 Å². The first kappa shape index (κ1) is 14.7. The summed E-state index contributed by atoms with van der Waals surface area (Å²) in [5.41, 5.74) is 0. The van der Waals surface area contributed by atoms with Crippen molar-refractivity contribution in [1.82, 2.24) is 0 Å². The van der Waals surface area contributed by atoms with Crippen LogP contribution in [0.5, 0.6) is 0 Å². The Bertz CT molecular complexity index is 120. The van der Waals surface area contributed by atoms with Crippen molar-refractivity contribution < 1.29 is 4.74 Å². The van der Waals surface area contributed by atoms with Crippen LogP contribution in [-0.4, -0.2) is 13.2 Å². The standard InChI is InChI=1S/C6H6.C4H10O.C2H6/c1-2-4-6-5-3-1;1-4(2)5-3;1-2/h1-6H;4H,1-3H3;1-2H3. The summed E-state index contributed by atoms with van der Waals surface area (Å²) in [7, 11) is 1.70. The van der Waals surface area contributed by atoms with Gasteiger partial charge in [0.25, 0.3) is 0 Å². The van der Waals surface area contributed by atoms with E-state index in [1.54, 1.807) is 7.11 Å². The first-order valence-electron chi connectivity index (χ1n) is 4.80. The molecule has 0 aliphatic rings. The van der Waals surface area contributed by atoms with Gasteiger partial charge in [-0.25, -0.2) is 0 Å². The molecular formula is C12H22O. The van der Waals surface area contributed by atoms with E-state index in [1.165, 1.54) is 0 Å². The molecule has 0 aliphatic heterocycles. The first-order chi connectivity index (χ1) is 6.27. The molecule has 1 nitrogen and oxygen atoms in total. The normalized spacial score (nSPS) is 7.85. The summed E-state index contributed by atoms with van der Waals surface area (Å²) >= 11 is 0. The lowest BCUT2D eigenvalue weighted by molar-refractivity contribution is 0.134. The highest BCUT2D eigenvalue weighted by atomic mass is 16.5. The van der Waals surface area contributed by atoms with Gasteiger partial charge in [-0.1, -0.05) is 50.2 Å². The van der Waals surface area contributed by atoms with E-state index in [4.69, 9.17) is 4.74 Å². The zero-order valence-electron chi connectivity index (χ0n) is 9.45. The highest BCUT2D eigenvalue weighted by Gasteiger charge is 1.78. The van der Waals surface area contributed by atoms with Crippen LogP contribution in [0.2, 0.25) is 0 Å². The lowest BCUT2D eigenvalue weighted by Gasteiger charge is -1.94. The molecule has 0 N–H and O–H groups in total. The van der Waals surface area contributed by atoms with Crippen molar-refractivity contribution in [1.29, 1.82) is 0 Å². The predicted molar refractivity (Wildman–Crippen MR) is 59.9 cm³/mol. The molecule has 0 aromatic heterocycles. The van der Waals surface area contributed by atoms with Crippen LogP contribution in [0.15, 0.2) is 36.4 Å². The predicted octanol–water partition coefficient (Wildman–Crippen LogP) is 3.75. The maximum Gasteiger partial charge on any atom is 0.0515 e. The highest BCUT2D eigenvalue weighted by Crippen LogP contribution is 1.80. The van der Waals surface area contributed by atoms with E-state index < -0.39 is 0 Å². The molecule has 0 bridgehead atoms. The maximum absolute atomic E-state index is 4.75. The topological polar surface area (TPSA) is 9.23 Å². The van der Waals surface area contributed by atoms with Crippen LogP contribution in [0.1, 0.15) is 27.7 Å². The summed E-state index contributed by atoms with van der Waals surface area (Å²) in [4.78, 5) is 0. The third-order valence-electron chi connectivity index (χ3n) is 1.14. The van der Waals surface area contributed by atoms with Crippen molar-refractivity contribution in [3.8, 4) is 0 Å². The van der Waals surface area contributed by atoms with Crippen molar-refractivity contribution >= 4 is 0 Å². The van der Waals surface area contributed by atoms with Gasteiger partial charge in [0.1, 0.15) is 0 Å². The quantitative estimate of drug-likeness (QED) is 0.642. The zero-order chi connectivity index (χ0) is 10.5. The van der Waals surface area contributed by atoms with Crippen LogP contribution in [0.4, 0.5) is 0 Å². The van der Waals surface area contributed by atoms with Gasteiger partial charge >= 0.3 is 0 Å². The average Bonchev–Trinajstić information content (AvgIpc) is 2.24. The molecule has 1 rings (SSSR count). The molecule has 1 heteroatoms. The lowest BCUT2D eigenvalue weighted by atomic mass is 10.4. The third kappa shape index (κ3) is 18.3. The van der Waals surface area contributed by atoms with Gasteiger partial charge in [-0.05, 0) is 13.8 Å². The van der Waals surface area contributed by atoms with E-state index in [1.807, 2.05) is 64.1 Å². The molecule has 1 aromatic rings. The Morgan fingerprint density at radius 1 is 0.769 bits per heavy atom. The molecule has 1 aromatic carbocycles. The average molecular weight is 182 g/mol. The summed E-state index contributed by atoms with van der Waals surface area (Å²) in [6, 6.07) is 12.0. The first-order valence-corrected chi connectivity index (χ1v) is 4.80. The van der Waals surface area contributed by atoms with E-state index in [9.17, 15) is 0 Å². The monoisotopic (exact) mass is 182 g/mol. The molecule has 0 aliphatic carbocycles. The zero-order valence-corrected chi connectivity index (χ0v) is 9.45. The minimum atomic E-state index is 0.384. The molecule has 0 saturated carbocycles. The third-order valence-corrected chi connectivity index (χ3v) is 1.14. The van der Waals surface area contributed by atoms with Gasteiger partial charge in [0, 0.05) is 7.11 Å². The van der Waals surface area contributed by atoms with Crippen LogP contribution in [0.3, 0.4) is 0 Å². The van der Waals surface area contributed by atoms with Crippen molar-refractivity contribution in [2.24, 2.45) is 0 Å². The Labute approximate surface area is 82.7 Å². The SMILES string of the molecule is CC.COC(C)C.c1ccccc1. The molecule has 0 atom stereocenters. The Kier molecular flexibility index (Phi) is 15.5. The number of methoxy groups -OCH3 is 1. The Morgan fingerprint density at radius 2 is 0.923 bits per heavy atom. The summed E-state index contributed by atoms with van der Waals surface area (Å²) in [5.74, 6) is 0. The lowest BCUT2D eigenvalue weighted by Crippen LogP contribution is -1.94. The molecule has 0 radical (unpaired) electrons. The minimum Gasteiger partial charge on any atom is -0.382 e. The fourth-order valence-corrected chi connectivity index (χ4v) is 0.385. The molecule has 76 valence electrons. The molecular weight excluding hydrogens is 160 g/mol. The number of ether oxygens (including phenoxy) is 1. The van der Waals surface area contributed by atoms with E-state index in [0.29, 0.717) is 6.10 Å². The number of benzene rings is 1. The van der Waals surface area contributed by atoms with Gasteiger partial charge in [0.2, 0.25) is 0 Å². The second-order valence-corrected chi connectivity index (χ2v) is 2.44. The molecule has 0 fully saturated rings. The largest absolute Gasteiger partial charge is 0.382 e. The Balaban J connectivity index is 0. The van der Waals surface area contributed by atoms with E-state index >= 15 is 0 Å².